The highest BCUT2D eigenvalue weighted by Gasteiger charge is 2.14. The molecule has 0 bridgehead atoms. The molecule has 1 aromatic rings. The number of hydrazine groups is 1. The Balaban J connectivity index is 2.91. The maximum absolute atomic E-state index is 11.8. The molecule has 94 valence electrons. The van der Waals surface area contributed by atoms with Crippen molar-refractivity contribution in [3.63, 3.8) is 0 Å². The van der Waals surface area contributed by atoms with Crippen molar-refractivity contribution in [1.29, 1.82) is 0 Å². The zero-order valence-electron chi connectivity index (χ0n) is 9.67. The number of nitrogens with two attached hydrogens (primary N) is 1. The Labute approximate surface area is 107 Å². The summed E-state index contributed by atoms with van der Waals surface area (Å²) >= 11 is 4.78. The van der Waals surface area contributed by atoms with Gasteiger partial charge in [-0.1, -0.05) is 24.4 Å². The van der Waals surface area contributed by atoms with Gasteiger partial charge >= 0.3 is 0 Å². The Hall–Kier alpha value is -1.02. The minimum absolute atomic E-state index is 0.206. The van der Waals surface area contributed by atoms with Gasteiger partial charge in [0.1, 0.15) is 0 Å². The molecule has 0 saturated heterocycles. The fourth-order valence-corrected chi connectivity index (χ4v) is 2.53. The highest BCUT2D eigenvalue weighted by atomic mass is 32.2. The van der Waals surface area contributed by atoms with E-state index < -0.39 is 10.0 Å². The van der Waals surface area contributed by atoms with E-state index in [2.05, 4.69) is 4.83 Å². The Kier molecular flexibility index (Phi) is 4.58. The number of hydrogen-bond donors (Lipinski definition) is 2. The van der Waals surface area contributed by atoms with Crippen molar-refractivity contribution in [1.82, 2.24) is 9.84 Å². The number of thiocarbonyl (C=S) groups is 1. The highest BCUT2D eigenvalue weighted by Crippen LogP contribution is 2.11. The van der Waals surface area contributed by atoms with Gasteiger partial charge in [0.15, 0.2) is 0 Å². The van der Waals surface area contributed by atoms with Crippen molar-refractivity contribution in [3.8, 4) is 0 Å². The standard InChI is InChI=1S/C10H15N3O2S2/c1-13(2)12-17(14,15)9-5-3-8(4-6-9)7-10(11)16/h3-6,12H,7H2,1-2H3,(H2,11,16). The smallest absolute Gasteiger partial charge is 0.253 e. The molecule has 0 radical (unpaired) electrons. The Morgan fingerprint density at radius 2 is 1.88 bits per heavy atom. The zero-order chi connectivity index (χ0) is 13.1. The first-order chi connectivity index (χ1) is 7.81. The molecule has 0 atom stereocenters. The van der Waals surface area contributed by atoms with E-state index >= 15 is 0 Å². The molecule has 0 heterocycles. The van der Waals surface area contributed by atoms with Gasteiger partial charge in [-0.3, -0.25) is 0 Å². The largest absolute Gasteiger partial charge is 0.393 e. The first-order valence-corrected chi connectivity index (χ1v) is 6.77. The summed E-state index contributed by atoms with van der Waals surface area (Å²) in [5, 5.41) is 1.37. The lowest BCUT2D eigenvalue weighted by atomic mass is 10.1. The van der Waals surface area contributed by atoms with Crippen LogP contribution in [-0.4, -0.2) is 32.5 Å². The number of nitrogens with one attached hydrogen (secondary N) is 1. The number of nitrogens with zero attached hydrogens (tertiary/aromatic N) is 1. The molecule has 0 fully saturated rings. The molecule has 7 heteroatoms. The van der Waals surface area contributed by atoms with Crippen molar-refractivity contribution >= 4 is 27.2 Å². The minimum Gasteiger partial charge on any atom is -0.393 e. The average Bonchev–Trinajstić information content (AvgIpc) is 2.15. The van der Waals surface area contributed by atoms with E-state index in [9.17, 15) is 8.42 Å². The van der Waals surface area contributed by atoms with Gasteiger partial charge in [0, 0.05) is 20.5 Å². The molecular weight excluding hydrogens is 258 g/mol. The summed E-state index contributed by atoms with van der Waals surface area (Å²) < 4.78 is 23.5. The lowest BCUT2D eigenvalue weighted by Crippen LogP contribution is -2.36. The Bertz CT molecular complexity index is 495. The molecule has 0 unspecified atom stereocenters. The maximum atomic E-state index is 11.8. The number of benzene rings is 1. The molecule has 0 spiro atoms. The van der Waals surface area contributed by atoms with E-state index in [1.54, 1.807) is 26.2 Å². The van der Waals surface area contributed by atoms with Crippen LogP contribution in [0.2, 0.25) is 0 Å². The quantitative estimate of drug-likeness (QED) is 0.595. The van der Waals surface area contributed by atoms with Gasteiger partial charge in [0.25, 0.3) is 10.0 Å². The summed E-state index contributed by atoms with van der Waals surface area (Å²) in [5.74, 6) is 0. The van der Waals surface area contributed by atoms with Crippen molar-refractivity contribution in [2.75, 3.05) is 14.1 Å². The minimum atomic E-state index is -3.49. The molecule has 0 aliphatic carbocycles. The second kappa shape index (κ2) is 5.54. The first-order valence-electron chi connectivity index (χ1n) is 4.88. The third-order valence-corrected chi connectivity index (χ3v) is 3.56. The van der Waals surface area contributed by atoms with Crippen LogP contribution in [-0.2, 0) is 16.4 Å². The molecule has 1 rings (SSSR count). The van der Waals surface area contributed by atoms with Gasteiger partial charge in [0.05, 0.1) is 9.88 Å². The molecule has 0 aromatic heterocycles. The monoisotopic (exact) mass is 273 g/mol. The summed E-state index contributed by atoms with van der Waals surface area (Å²) in [7, 11) is -0.273. The van der Waals surface area contributed by atoms with Crippen molar-refractivity contribution < 1.29 is 8.42 Å². The van der Waals surface area contributed by atoms with Crippen LogP contribution < -0.4 is 10.6 Å². The van der Waals surface area contributed by atoms with Gasteiger partial charge in [-0.2, -0.15) is 0 Å². The van der Waals surface area contributed by atoms with Gasteiger partial charge in [-0.05, 0) is 17.7 Å². The van der Waals surface area contributed by atoms with Crippen LogP contribution in [0.25, 0.3) is 0 Å². The SMILES string of the molecule is CN(C)NS(=O)(=O)c1ccc(CC(N)=S)cc1. The number of hydrogen-bond acceptors (Lipinski definition) is 4. The van der Waals surface area contributed by atoms with Crippen LogP contribution in [0.1, 0.15) is 5.56 Å². The molecule has 3 N–H and O–H groups in total. The molecule has 0 saturated carbocycles. The summed E-state index contributed by atoms with van der Waals surface area (Å²) in [6.07, 6.45) is 0.469. The highest BCUT2D eigenvalue weighted by molar-refractivity contribution is 7.89. The Morgan fingerprint density at radius 1 is 1.35 bits per heavy atom. The third-order valence-electron chi connectivity index (χ3n) is 1.91. The van der Waals surface area contributed by atoms with Crippen molar-refractivity contribution in [2.45, 2.75) is 11.3 Å². The van der Waals surface area contributed by atoms with E-state index in [4.69, 9.17) is 18.0 Å². The summed E-state index contributed by atoms with van der Waals surface area (Å²) in [4.78, 5) is 2.94. The van der Waals surface area contributed by atoms with Gasteiger partial charge in [0.2, 0.25) is 0 Å². The van der Waals surface area contributed by atoms with Crippen molar-refractivity contribution in [2.24, 2.45) is 5.73 Å². The fourth-order valence-electron chi connectivity index (χ4n) is 1.28. The third kappa shape index (κ3) is 4.39. The topological polar surface area (TPSA) is 75.4 Å². The van der Waals surface area contributed by atoms with E-state index in [0.717, 1.165) is 5.56 Å². The molecule has 0 aliphatic heterocycles. The van der Waals surface area contributed by atoms with Crippen LogP contribution in [0.5, 0.6) is 0 Å². The number of rotatable bonds is 5. The van der Waals surface area contributed by atoms with Crippen LogP contribution in [0.3, 0.4) is 0 Å². The maximum Gasteiger partial charge on any atom is 0.253 e. The predicted molar refractivity (Wildman–Crippen MR) is 70.9 cm³/mol. The molecular formula is C10H15N3O2S2. The molecule has 0 aliphatic rings. The van der Waals surface area contributed by atoms with Gasteiger partial charge in [-0.25, -0.2) is 13.4 Å². The van der Waals surface area contributed by atoms with E-state index in [0.29, 0.717) is 11.4 Å². The molecule has 17 heavy (non-hydrogen) atoms. The zero-order valence-corrected chi connectivity index (χ0v) is 11.3. The number of sulfonamides is 1. The van der Waals surface area contributed by atoms with Gasteiger partial charge < -0.3 is 5.73 Å². The second-order valence-corrected chi connectivity index (χ2v) is 5.96. The Morgan fingerprint density at radius 3 is 2.29 bits per heavy atom. The van der Waals surface area contributed by atoms with E-state index in [1.165, 1.54) is 17.1 Å². The normalized spacial score (nSPS) is 11.7. The fraction of sp³-hybridized carbons (Fsp3) is 0.300. The summed E-state index contributed by atoms with van der Waals surface area (Å²) in [6.45, 7) is 0. The molecule has 0 amide bonds. The summed E-state index contributed by atoms with van der Waals surface area (Å²) in [6, 6.07) is 6.45. The van der Waals surface area contributed by atoms with Gasteiger partial charge in [-0.15, -0.1) is 4.83 Å². The van der Waals surface area contributed by atoms with Crippen LogP contribution in [0, 0.1) is 0 Å². The van der Waals surface area contributed by atoms with Crippen LogP contribution in [0.4, 0.5) is 0 Å². The van der Waals surface area contributed by atoms with E-state index in [1.807, 2.05) is 0 Å². The lowest BCUT2D eigenvalue weighted by molar-refractivity contribution is 0.364. The second-order valence-electron chi connectivity index (χ2n) is 3.78. The average molecular weight is 273 g/mol. The van der Waals surface area contributed by atoms with Crippen LogP contribution in [0.15, 0.2) is 29.2 Å². The molecule has 5 nitrogen and oxygen atoms in total. The first kappa shape index (κ1) is 14.0. The van der Waals surface area contributed by atoms with E-state index in [-0.39, 0.29) is 4.90 Å². The summed E-state index contributed by atoms with van der Waals surface area (Å²) in [5.41, 5.74) is 6.30. The molecule has 1 aromatic carbocycles. The van der Waals surface area contributed by atoms with Crippen molar-refractivity contribution in [3.05, 3.63) is 29.8 Å². The lowest BCUT2D eigenvalue weighted by Gasteiger charge is -2.12. The predicted octanol–water partition coefficient (Wildman–Crippen LogP) is 0.270. The van der Waals surface area contributed by atoms with Crippen LogP contribution >= 0.6 is 12.2 Å².